The summed E-state index contributed by atoms with van der Waals surface area (Å²) in [5.41, 5.74) is 7.39. The Labute approximate surface area is 112 Å². The normalized spacial score (nSPS) is 12.9. The van der Waals surface area contributed by atoms with Crippen molar-refractivity contribution < 1.29 is 9.15 Å². The first-order valence-electron chi connectivity index (χ1n) is 6.05. The van der Waals surface area contributed by atoms with E-state index in [1.54, 1.807) is 7.11 Å². The highest BCUT2D eigenvalue weighted by Crippen LogP contribution is 2.40. The molecule has 1 unspecified atom stereocenters. The van der Waals surface area contributed by atoms with Crippen molar-refractivity contribution in [1.82, 2.24) is 0 Å². The van der Waals surface area contributed by atoms with Gasteiger partial charge in [0, 0.05) is 5.39 Å². The van der Waals surface area contributed by atoms with Crippen LogP contribution in [0.15, 0.2) is 16.5 Å². The summed E-state index contributed by atoms with van der Waals surface area (Å²) in [6.07, 6.45) is 0.894. The van der Waals surface area contributed by atoms with E-state index in [-0.39, 0.29) is 0 Å². The lowest BCUT2D eigenvalue weighted by Gasteiger charge is -2.14. The van der Waals surface area contributed by atoms with Gasteiger partial charge in [-0.3, -0.25) is 0 Å². The Morgan fingerprint density at radius 3 is 2.78 bits per heavy atom. The van der Waals surface area contributed by atoms with E-state index < -0.39 is 0 Å². The lowest BCUT2D eigenvalue weighted by Crippen LogP contribution is -2.05. The Morgan fingerprint density at radius 1 is 1.44 bits per heavy atom. The van der Waals surface area contributed by atoms with Crippen LogP contribution in [0, 0.1) is 6.92 Å². The third kappa shape index (κ3) is 2.20. The van der Waals surface area contributed by atoms with E-state index in [9.17, 15) is 0 Å². The summed E-state index contributed by atoms with van der Waals surface area (Å²) in [6.45, 7) is 4.66. The van der Waals surface area contributed by atoms with Crippen molar-refractivity contribution in [2.45, 2.75) is 26.2 Å². The van der Waals surface area contributed by atoms with Crippen molar-refractivity contribution >= 4 is 22.6 Å². The van der Waals surface area contributed by atoms with E-state index in [0.717, 1.165) is 33.9 Å². The highest BCUT2D eigenvalue weighted by atomic mass is 35.5. The minimum absolute atomic E-state index is 0.302. The van der Waals surface area contributed by atoms with Crippen molar-refractivity contribution in [1.29, 1.82) is 0 Å². The van der Waals surface area contributed by atoms with Crippen molar-refractivity contribution in [3.63, 3.8) is 0 Å². The maximum atomic E-state index is 6.46. The molecule has 2 aromatic rings. The molecule has 0 aliphatic carbocycles. The summed E-state index contributed by atoms with van der Waals surface area (Å²) in [5, 5.41) is 1.65. The maximum absolute atomic E-state index is 6.46. The number of ether oxygens (including phenoxy) is 1. The number of halogens is 1. The van der Waals surface area contributed by atoms with Crippen LogP contribution in [0.1, 0.15) is 30.6 Å². The fourth-order valence-corrected chi connectivity index (χ4v) is 2.58. The van der Waals surface area contributed by atoms with Gasteiger partial charge in [-0.1, -0.05) is 18.5 Å². The van der Waals surface area contributed by atoms with Crippen molar-refractivity contribution in [3.05, 3.63) is 28.5 Å². The first-order chi connectivity index (χ1) is 8.58. The van der Waals surface area contributed by atoms with Crippen LogP contribution in [-0.2, 0) is 0 Å². The zero-order chi connectivity index (χ0) is 13.3. The molecule has 0 amide bonds. The fraction of sp³-hybridized carbons (Fsp3) is 0.429. The molecule has 4 heteroatoms. The van der Waals surface area contributed by atoms with Gasteiger partial charge in [-0.2, -0.15) is 0 Å². The van der Waals surface area contributed by atoms with Crippen LogP contribution in [0.5, 0.6) is 5.75 Å². The Morgan fingerprint density at radius 2 is 2.17 bits per heavy atom. The second-order valence-corrected chi connectivity index (χ2v) is 4.94. The highest BCUT2D eigenvalue weighted by molar-refractivity contribution is 6.36. The van der Waals surface area contributed by atoms with Crippen molar-refractivity contribution in [2.24, 2.45) is 5.73 Å². The van der Waals surface area contributed by atoms with Crippen LogP contribution < -0.4 is 10.5 Å². The quantitative estimate of drug-likeness (QED) is 0.915. The number of rotatable bonds is 4. The van der Waals surface area contributed by atoms with Gasteiger partial charge in [0.05, 0.1) is 12.1 Å². The summed E-state index contributed by atoms with van der Waals surface area (Å²) in [6, 6.07) is 3.90. The molecule has 1 atom stereocenters. The predicted molar refractivity (Wildman–Crippen MR) is 74.6 cm³/mol. The van der Waals surface area contributed by atoms with Gasteiger partial charge in [-0.15, -0.1) is 0 Å². The molecule has 2 N–H and O–H groups in total. The van der Waals surface area contributed by atoms with Gasteiger partial charge in [0.1, 0.15) is 5.76 Å². The van der Waals surface area contributed by atoms with Crippen LogP contribution in [0.3, 0.4) is 0 Å². The summed E-state index contributed by atoms with van der Waals surface area (Å²) >= 11 is 6.46. The lowest BCUT2D eigenvalue weighted by atomic mass is 9.96. The molecule has 0 bridgehead atoms. The molecule has 0 saturated heterocycles. The molecule has 1 aromatic carbocycles. The number of nitrogens with two attached hydrogens (primary N) is 1. The molecular formula is C14H18ClNO2. The van der Waals surface area contributed by atoms with E-state index >= 15 is 0 Å². The van der Waals surface area contributed by atoms with Crippen LogP contribution in [0.4, 0.5) is 0 Å². The molecule has 1 heterocycles. The minimum Gasteiger partial charge on any atom is -0.493 e. The molecule has 3 nitrogen and oxygen atoms in total. The van der Waals surface area contributed by atoms with Gasteiger partial charge in [-0.25, -0.2) is 0 Å². The summed E-state index contributed by atoms with van der Waals surface area (Å²) in [7, 11) is 1.64. The van der Waals surface area contributed by atoms with Crippen molar-refractivity contribution in [2.75, 3.05) is 13.7 Å². The molecule has 18 heavy (non-hydrogen) atoms. The predicted octanol–water partition coefficient (Wildman–Crippen LogP) is 3.86. The molecule has 0 radical (unpaired) electrons. The molecular weight excluding hydrogens is 250 g/mol. The van der Waals surface area contributed by atoms with Crippen molar-refractivity contribution in [3.8, 4) is 5.75 Å². The number of aryl methyl sites for hydroxylation is 1. The van der Waals surface area contributed by atoms with Crippen LogP contribution in [0.2, 0.25) is 5.02 Å². The van der Waals surface area contributed by atoms with E-state index in [0.29, 0.717) is 18.0 Å². The average Bonchev–Trinajstić information content (AvgIpc) is 2.72. The number of fused-ring (bicyclic) bond motifs is 1. The third-order valence-corrected chi connectivity index (χ3v) is 3.63. The van der Waals surface area contributed by atoms with Gasteiger partial charge in [0.25, 0.3) is 0 Å². The minimum atomic E-state index is 0.302. The molecule has 2 rings (SSSR count). The molecule has 0 saturated carbocycles. The molecule has 98 valence electrons. The Kier molecular flexibility index (Phi) is 3.83. The Balaban J connectivity index is 2.64. The SMILES string of the molecule is COc1cc(C(C)CCN)c(Cl)c2cc(C)oc12. The fourth-order valence-electron chi connectivity index (χ4n) is 2.20. The Bertz CT molecular complexity index is 562. The van der Waals surface area contributed by atoms with E-state index in [1.165, 1.54) is 0 Å². The van der Waals surface area contributed by atoms with Gasteiger partial charge >= 0.3 is 0 Å². The second kappa shape index (κ2) is 5.21. The van der Waals surface area contributed by atoms with Gasteiger partial charge in [0.15, 0.2) is 11.3 Å². The number of hydrogen-bond donors (Lipinski definition) is 1. The lowest BCUT2D eigenvalue weighted by molar-refractivity contribution is 0.408. The highest BCUT2D eigenvalue weighted by Gasteiger charge is 2.18. The first kappa shape index (κ1) is 13.2. The molecule has 1 aromatic heterocycles. The van der Waals surface area contributed by atoms with Gasteiger partial charge in [0.2, 0.25) is 0 Å². The number of benzene rings is 1. The number of methoxy groups -OCH3 is 1. The third-order valence-electron chi connectivity index (χ3n) is 3.21. The monoisotopic (exact) mass is 267 g/mol. The summed E-state index contributed by atoms with van der Waals surface area (Å²) < 4.78 is 11.0. The zero-order valence-electron chi connectivity index (χ0n) is 10.9. The van der Waals surface area contributed by atoms with E-state index in [4.69, 9.17) is 26.5 Å². The van der Waals surface area contributed by atoms with Crippen LogP contribution in [-0.4, -0.2) is 13.7 Å². The van der Waals surface area contributed by atoms with Crippen LogP contribution >= 0.6 is 11.6 Å². The van der Waals surface area contributed by atoms with Crippen LogP contribution in [0.25, 0.3) is 11.0 Å². The average molecular weight is 268 g/mol. The van der Waals surface area contributed by atoms with E-state index in [1.807, 2.05) is 19.1 Å². The summed E-state index contributed by atoms with van der Waals surface area (Å²) in [4.78, 5) is 0. The Hall–Kier alpha value is -1.19. The standard InChI is InChI=1S/C14H18ClNO2/c1-8(4-5-16)10-7-12(17-3)14-11(13(10)15)6-9(2)18-14/h6-8H,4-5,16H2,1-3H3. The first-order valence-corrected chi connectivity index (χ1v) is 6.42. The largest absolute Gasteiger partial charge is 0.493 e. The summed E-state index contributed by atoms with van der Waals surface area (Å²) in [5.74, 6) is 1.85. The molecule has 0 aliphatic rings. The zero-order valence-corrected chi connectivity index (χ0v) is 11.7. The molecule has 0 aliphatic heterocycles. The molecule has 0 spiro atoms. The maximum Gasteiger partial charge on any atom is 0.177 e. The van der Waals surface area contributed by atoms with E-state index in [2.05, 4.69) is 6.92 Å². The second-order valence-electron chi connectivity index (χ2n) is 4.56. The van der Waals surface area contributed by atoms with Gasteiger partial charge in [-0.05, 0) is 43.5 Å². The van der Waals surface area contributed by atoms with Gasteiger partial charge < -0.3 is 14.9 Å². The smallest absolute Gasteiger partial charge is 0.177 e. The number of hydrogen-bond acceptors (Lipinski definition) is 3. The topological polar surface area (TPSA) is 48.4 Å². The molecule has 0 fully saturated rings. The number of furan rings is 1.